The van der Waals surface area contributed by atoms with Crippen LogP contribution in [0.5, 0.6) is 5.75 Å². The summed E-state index contributed by atoms with van der Waals surface area (Å²) in [5, 5.41) is 8.82. The summed E-state index contributed by atoms with van der Waals surface area (Å²) in [5.41, 5.74) is 0.645. The second-order valence-corrected chi connectivity index (χ2v) is 5.19. The van der Waals surface area contributed by atoms with Crippen molar-refractivity contribution in [2.45, 2.75) is 12.5 Å². The van der Waals surface area contributed by atoms with Gasteiger partial charge in [0.05, 0.1) is 11.6 Å². The first-order valence-corrected chi connectivity index (χ1v) is 6.71. The number of rotatable bonds is 5. The van der Waals surface area contributed by atoms with E-state index in [9.17, 15) is 0 Å². The van der Waals surface area contributed by atoms with Gasteiger partial charge >= 0.3 is 0 Å². The molecular weight excluding hydrogens is 238 g/mol. The summed E-state index contributed by atoms with van der Waals surface area (Å²) in [6.45, 7) is 3.88. The smallest absolute Gasteiger partial charge is 0.120 e. The highest BCUT2D eigenvalue weighted by Gasteiger charge is 2.23. The van der Waals surface area contributed by atoms with Crippen LogP contribution in [0.15, 0.2) is 24.3 Å². The fourth-order valence-electron chi connectivity index (χ4n) is 2.38. The summed E-state index contributed by atoms with van der Waals surface area (Å²) in [5.74, 6) is 0.780. The van der Waals surface area contributed by atoms with E-state index in [4.69, 9.17) is 10.00 Å². The molecule has 1 aliphatic rings. The summed E-state index contributed by atoms with van der Waals surface area (Å²) >= 11 is 0. The van der Waals surface area contributed by atoms with Gasteiger partial charge in [0, 0.05) is 19.1 Å². The Morgan fingerprint density at radius 1 is 1.47 bits per heavy atom. The summed E-state index contributed by atoms with van der Waals surface area (Å²) in [7, 11) is 4.27. The van der Waals surface area contributed by atoms with Crippen molar-refractivity contribution in [1.29, 1.82) is 5.26 Å². The number of benzene rings is 1. The van der Waals surface area contributed by atoms with Crippen molar-refractivity contribution in [1.82, 2.24) is 9.80 Å². The lowest BCUT2D eigenvalue weighted by atomic mass is 10.2. The number of nitriles is 1. The fraction of sp³-hybridized carbons (Fsp3) is 0.533. The largest absolute Gasteiger partial charge is 0.492 e. The maximum atomic E-state index is 8.82. The molecule has 0 saturated carbocycles. The molecule has 1 saturated heterocycles. The monoisotopic (exact) mass is 259 g/mol. The standard InChI is InChI=1S/C15H21N3O/c1-17(2)14-6-7-18(12-14)8-9-19-15-5-3-4-13(10-15)11-16/h3-5,10,14H,6-9,12H2,1-2H3. The number of ether oxygens (including phenoxy) is 1. The fourth-order valence-corrected chi connectivity index (χ4v) is 2.38. The molecule has 1 atom stereocenters. The van der Waals surface area contributed by atoms with E-state index in [0.717, 1.165) is 25.4 Å². The minimum atomic E-state index is 0.645. The maximum absolute atomic E-state index is 8.82. The third-order valence-electron chi connectivity index (χ3n) is 3.62. The van der Waals surface area contributed by atoms with Crippen molar-refractivity contribution in [2.24, 2.45) is 0 Å². The second-order valence-electron chi connectivity index (χ2n) is 5.19. The zero-order chi connectivity index (χ0) is 13.7. The lowest BCUT2D eigenvalue weighted by Crippen LogP contribution is -2.33. The molecule has 1 heterocycles. The van der Waals surface area contributed by atoms with Crippen LogP contribution < -0.4 is 4.74 Å². The van der Waals surface area contributed by atoms with Crippen molar-refractivity contribution in [3.05, 3.63) is 29.8 Å². The van der Waals surface area contributed by atoms with Crippen LogP contribution in [0.2, 0.25) is 0 Å². The SMILES string of the molecule is CN(C)C1CCN(CCOc2cccc(C#N)c2)C1. The highest BCUT2D eigenvalue weighted by Crippen LogP contribution is 2.14. The van der Waals surface area contributed by atoms with Crippen LogP contribution in [0.1, 0.15) is 12.0 Å². The maximum Gasteiger partial charge on any atom is 0.120 e. The molecule has 0 aromatic heterocycles. The number of hydrogen-bond acceptors (Lipinski definition) is 4. The highest BCUT2D eigenvalue weighted by molar-refractivity contribution is 5.36. The normalized spacial score (nSPS) is 19.6. The van der Waals surface area contributed by atoms with Crippen LogP contribution in [-0.4, -0.2) is 56.2 Å². The highest BCUT2D eigenvalue weighted by atomic mass is 16.5. The summed E-state index contributed by atoms with van der Waals surface area (Å²) in [6, 6.07) is 10.1. The molecule has 102 valence electrons. The van der Waals surface area contributed by atoms with Gasteiger partial charge in [-0.15, -0.1) is 0 Å². The van der Waals surface area contributed by atoms with Crippen molar-refractivity contribution >= 4 is 0 Å². The number of hydrogen-bond donors (Lipinski definition) is 0. The van der Waals surface area contributed by atoms with E-state index in [2.05, 4.69) is 30.0 Å². The second kappa shape index (κ2) is 6.55. The van der Waals surface area contributed by atoms with E-state index < -0.39 is 0 Å². The Kier molecular flexibility index (Phi) is 4.78. The molecule has 1 aromatic rings. The zero-order valence-corrected chi connectivity index (χ0v) is 11.7. The molecule has 1 unspecified atom stereocenters. The molecule has 1 aliphatic heterocycles. The first-order chi connectivity index (χ1) is 9.19. The van der Waals surface area contributed by atoms with E-state index in [0.29, 0.717) is 18.2 Å². The number of likely N-dealkylation sites (tertiary alicyclic amines) is 1. The van der Waals surface area contributed by atoms with Crippen molar-refractivity contribution < 1.29 is 4.74 Å². The average Bonchev–Trinajstić information content (AvgIpc) is 2.88. The molecule has 0 N–H and O–H groups in total. The van der Waals surface area contributed by atoms with Crippen LogP contribution in [0.25, 0.3) is 0 Å². The van der Waals surface area contributed by atoms with Gasteiger partial charge in [0.25, 0.3) is 0 Å². The number of nitrogens with zero attached hydrogens (tertiary/aromatic N) is 3. The zero-order valence-electron chi connectivity index (χ0n) is 11.7. The van der Waals surface area contributed by atoms with Crippen LogP contribution in [0.3, 0.4) is 0 Å². The van der Waals surface area contributed by atoms with E-state index in [1.54, 1.807) is 12.1 Å². The average molecular weight is 259 g/mol. The minimum absolute atomic E-state index is 0.645. The summed E-state index contributed by atoms with van der Waals surface area (Å²) in [6.07, 6.45) is 1.23. The Morgan fingerprint density at radius 2 is 2.32 bits per heavy atom. The summed E-state index contributed by atoms with van der Waals surface area (Å²) in [4.78, 5) is 4.72. The Balaban J connectivity index is 1.74. The number of likely N-dealkylation sites (N-methyl/N-ethyl adjacent to an activating group) is 1. The van der Waals surface area contributed by atoms with Crippen molar-refractivity contribution in [3.8, 4) is 11.8 Å². The summed E-state index contributed by atoms with van der Waals surface area (Å²) < 4.78 is 5.70. The van der Waals surface area contributed by atoms with Crippen LogP contribution >= 0.6 is 0 Å². The molecule has 0 aliphatic carbocycles. The van der Waals surface area contributed by atoms with Gasteiger partial charge in [-0.2, -0.15) is 5.26 Å². The lowest BCUT2D eigenvalue weighted by molar-refractivity contribution is 0.220. The van der Waals surface area contributed by atoms with Crippen LogP contribution in [-0.2, 0) is 0 Å². The molecule has 0 amide bonds. The third-order valence-corrected chi connectivity index (χ3v) is 3.62. The van der Waals surface area contributed by atoms with E-state index in [1.165, 1.54) is 6.42 Å². The van der Waals surface area contributed by atoms with Crippen molar-refractivity contribution in [3.63, 3.8) is 0 Å². The third kappa shape index (κ3) is 3.95. The Bertz CT molecular complexity index is 453. The predicted molar refractivity (Wildman–Crippen MR) is 75.2 cm³/mol. The molecule has 0 spiro atoms. The van der Waals surface area contributed by atoms with Gasteiger partial charge in [0.15, 0.2) is 0 Å². The lowest BCUT2D eigenvalue weighted by Gasteiger charge is -2.20. The van der Waals surface area contributed by atoms with Gasteiger partial charge in [0.1, 0.15) is 12.4 Å². The van der Waals surface area contributed by atoms with E-state index in [-0.39, 0.29) is 0 Å². The molecule has 4 nitrogen and oxygen atoms in total. The van der Waals surface area contributed by atoms with Gasteiger partial charge in [0.2, 0.25) is 0 Å². The predicted octanol–water partition coefficient (Wildman–Crippen LogP) is 1.57. The quantitative estimate of drug-likeness (QED) is 0.805. The molecule has 1 aromatic carbocycles. The van der Waals surface area contributed by atoms with Gasteiger partial charge in [-0.05, 0) is 45.3 Å². The minimum Gasteiger partial charge on any atom is -0.492 e. The first-order valence-electron chi connectivity index (χ1n) is 6.71. The van der Waals surface area contributed by atoms with E-state index in [1.807, 2.05) is 12.1 Å². The van der Waals surface area contributed by atoms with Gasteiger partial charge in [-0.25, -0.2) is 0 Å². The van der Waals surface area contributed by atoms with E-state index >= 15 is 0 Å². The molecule has 1 fully saturated rings. The Morgan fingerprint density at radius 3 is 3.00 bits per heavy atom. The molecular formula is C15H21N3O. The topological polar surface area (TPSA) is 39.5 Å². The first kappa shape index (κ1) is 13.9. The molecule has 0 radical (unpaired) electrons. The molecule has 4 heteroatoms. The van der Waals surface area contributed by atoms with Gasteiger partial charge in [-0.1, -0.05) is 6.07 Å². The van der Waals surface area contributed by atoms with Crippen LogP contribution in [0, 0.1) is 11.3 Å². The Hall–Kier alpha value is -1.57. The van der Waals surface area contributed by atoms with Crippen LogP contribution in [0.4, 0.5) is 0 Å². The Labute approximate surface area is 115 Å². The van der Waals surface area contributed by atoms with Crippen molar-refractivity contribution in [2.75, 3.05) is 40.3 Å². The van der Waals surface area contributed by atoms with Gasteiger partial charge < -0.3 is 9.64 Å². The van der Waals surface area contributed by atoms with Gasteiger partial charge in [-0.3, -0.25) is 4.90 Å². The molecule has 2 rings (SSSR count). The molecule has 19 heavy (non-hydrogen) atoms. The molecule has 0 bridgehead atoms.